The molecule has 0 aliphatic carbocycles. The van der Waals surface area contributed by atoms with Crippen molar-refractivity contribution >= 4 is 17.4 Å². The van der Waals surface area contributed by atoms with Gasteiger partial charge in [0.1, 0.15) is 11.6 Å². The Hall–Kier alpha value is -3.34. The fraction of sp³-hybridized carbons (Fsp3) is 0.217. The third-order valence-corrected chi connectivity index (χ3v) is 4.66. The highest BCUT2D eigenvalue weighted by Gasteiger charge is 2.06. The number of methoxy groups -OCH3 is 1. The average Bonchev–Trinajstić information content (AvgIpc) is 2.72. The number of benzene rings is 2. The number of amides is 1. The van der Waals surface area contributed by atoms with E-state index in [1.54, 1.807) is 19.4 Å². The highest BCUT2D eigenvalue weighted by Crippen LogP contribution is 2.18. The molecule has 144 valence electrons. The number of carbonyl (C=O) groups excluding carboxylic acids is 1. The molecule has 1 aromatic heterocycles. The Morgan fingerprint density at radius 1 is 1.00 bits per heavy atom. The lowest BCUT2D eigenvalue weighted by atomic mass is 10.1. The first kappa shape index (κ1) is 19.4. The molecular weight excluding hydrogens is 350 g/mol. The average molecular weight is 375 g/mol. The lowest BCUT2D eigenvalue weighted by molar-refractivity contribution is 0.0954. The predicted octanol–water partition coefficient (Wildman–Crippen LogP) is 4.42. The summed E-state index contributed by atoms with van der Waals surface area (Å²) < 4.78 is 5.15. The molecule has 1 amide bonds. The van der Waals surface area contributed by atoms with Crippen LogP contribution in [0.1, 0.15) is 27.0 Å². The molecular formula is C23H25N3O2. The van der Waals surface area contributed by atoms with Crippen molar-refractivity contribution in [3.8, 4) is 5.75 Å². The molecule has 2 N–H and O–H groups in total. The van der Waals surface area contributed by atoms with E-state index >= 15 is 0 Å². The molecule has 3 aromatic rings. The molecule has 5 heteroatoms. The number of nitrogens with one attached hydrogen (secondary N) is 2. The summed E-state index contributed by atoms with van der Waals surface area (Å²) in [6.07, 6.45) is 2.35. The van der Waals surface area contributed by atoms with Gasteiger partial charge in [-0.05, 0) is 73.4 Å². The summed E-state index contributed by atoms with van der Waals surface area (Å²) in [7, 11) is 1.64. The number of carbonyl (C=O) groups is 1. The molecule has 0 aliphatic heterocycles. The maximum atomic E-state index is 12.3. The van der Waals surface area contributed by atoms with E-state index in [1.807, 2.05) is 36.4 Å². The van der Waals surface area contributed by atoms with Crippen molar-refractivity contribution in [3.63, 3.8) is 0 Å². The summed E-state index contributed by atoms with van der Waals surface area (Å²) in [6, 6.07) is 17.6. The monoisotopic (exact) mass is 375 g/mol. The van der Waals surface area contributed by atoms with E-state index in [9.17, 15) is 4.79 Å². The van der Waals surface area contributed by atoms with Crippen LogP contribution in [0.3, 0.4) is 0 Å². The van der Waals surface area contributed by atoms with E-state index in [1.165, 1.54) is 11.1 Å². The minimum Gasteiger partial charge on any atom is -0.497 e. The second kappa shape index (κ2) is 9.04. The van der Waals surface area contributed by atoms with Crippen LogP contribution in [0.5, 0.6) is 5.75 Å². The third-order valence-electron chi connectivity index (χ3n) is 4.66. The molecule has 1 heterocycles. The molecule has 0 radical (unpaired) electrons. The van der Waals surface area contributed by atoms with Gasteiger partial charge < -0.3 is 15.4 Å². The molecule has 0 fully saturated rings. The summed E-state index contributed by atoms with van der Waals surface area (Å²) in [6.45, 7) is 4.72. The van der Waals surface area contributed by atoms with E-state index < -0.39 is 0 Å². The minimum atomic E-state index is -0.126. The number of nitrogens with zero attached hydrogens (tertiary/aromatic N) is 1. The smallest absolute Gasteiger partial charge is 0.252 e. The van der Waals surface area contributed by atoms with Gasteiger partial charge in [0.2, 0.25) is 0 Å². The summed E-state index contributed by atoms with van der Waals surface area (Å²) in [4.78, 5) is 16.6. The van der Waals surface area contributed by atoms with Crippen LogP contribution in [0.2, 0.25) is 0 Å². The fourth-order valence-corrected chi connectivity index (χ4v) is 2.78. The maximum Gasteiger partial charge on any atom is 0.252 e. The highest BCUT2D eigenvalue weighted by molar-refractivity contribution is 5.94. The number of ether oxygens (including phenoxy) is 1. The van der Waals surface area contributed by atoms with Gasteiger partial charge in [-0.15, -0.1) is 0 Å². The Morgan fingerprint density at radius 3 is 2.43 bits per heavy atom. The van der Waals surface area contributed by atoms with Crippen molar-refractivity contribution in [2.75, 3.05) is 19.0 Å². The first-order valence-electron chi connectivity index (χ1n) is 9.26. The molecule has 0 saturated carbocycles. The van der Waals surface area contributed by atoms with E-state index in [4.69, 9.17) is 4.74 Å². The number of rotatable bonds is 7. The largest absolute Gasteiger partial charge is 0.497 e. The maximum absolute atomic E-state index is 12.3. The highest BCUT2D eigenvalue weighted by atomic mass is 16.5. The molecule has 5 nitrogen and oxygen atoms in total. The molecule has 0 bridgehead atoms. The van der Waals surface area contributed by atoms with E-state index in [-0.39, 0.29) is 5.91 Å². The Labute approximate surface area is 165 Å². The predicted molar refractivity (Wildman–Crippen MR) is 112 cm³/mol. The Bertz CT molecular complexity index is 935. The SMILES string of the molecule is COc1ccc(CCNC(=O)c2ccc(Nc3ccc(C)c(C)c3)nc2)cc1. The van der Waals surface area contributed by atoms with Crippen molar-refractivity contribution in [2.45, 2.75) is 20.3 Å². The van der Waals surface area contributed by atoms with E-state index in [0.29, 0.717) is 17.9 Å². The van der Waals surface area contributed by atoms with Crippen LogP contribution in [-0.4, -0.2) is 24.5 Å². The number of hydrogen-bond donors (Lipinski definition) is 2. The van der Waals surface area contributed by atoms with E-state index in [2.05, 4.69) is 41.6 Å². The van der Waals surface area contributed by atoms with Crippen LogP contribution in [0.4, 0.5) is 11.5 Å². The standard InChI is InChI=1S/C23H25N3O2/c1-16-4-8-20(14-17(16)2)26-22-11-7-19(15-25-22)23(27)24-13-12-18-5-9-21(28-3)10-6-18/h4-11,14-15H,12-13H2,1-3H3,(H,24,27)(H,25,26). The zero-order valence-electron chi connectivity index (χ0n) is 16.5. The Morgan fingerprint density at radius 2 is 1.79 bits per heavy atom. The van der Waals surface area contributed by atoms with Gasteiger partial charge in [0.05, 0.1) is 12.7 Å². The summed E-state index contributed by atoms with van der Waals surface area (Å²) >= 11 is 0. The normalized spacial score (nSPS) is 10.4. The first-order chi connectivity index (χ1) is 13.5. The molecule has 0 spiro atoms. The number of aromatic nitrogens is 1. The van der Waals surface area contributed by atoms with Crippen molar-refractivity contribution in [3.05, 3.63) is 83.0 Å². The molecule has 2 aromatic carbocycles. The lowest BCUT2D eigenvalue weighted by Gasteiger charge is -2.09. The fourth-order valence-electron chi connectivity index (χ4n) is 2.78. The number of aryl methyl sites for hydroxylation is 2. The minimum absolute atomic E-state index is 0.126. The molecule has 28 heavy (non-hydrogen) atoms. The Balaban J connectivity index is 1.52. The summed E-state index contributed by atoms with van der Waals surface area (Å²) in [5.41, 5.74) is 5.14. The Kier molecular flexibility index (Phi) is 6.27. The zero-order chi connectivity index (χ0) is 19.9. The second-order valence-corrected chi connectivity index (χ2v) is 6.71. The van der Waals surface area contributed by atoms with Crippen molar-refractivity contribution in [1.82, 2.24) is 10.3 Å². The summed E-state index contributed by atoms with van der Waals surface area (Å²) in [5.74, 6) is 1.41. The molecule has 0 atom stereocenters. The molecule has 0 saturated heterocycles. The van der Waals surface area contributed by atoms with Gasteiger partial charge >= 0.3 is 0 Å². The van der Waals surface area contributed by atoms with Crippen LogP contribution in [0.15, 0.2) is 60.8 Å². The van der Waals surface area contributed by atoms with Crippen molar-refractivity contribution in [1.29, 1.82) is 0 Å². The van der Waals surface area contributed by atoms with Crippen LogP contribution in [-0.2, 0) is 6.42 Å². The van der Waals surface area contributed by atoms with Crippen molar-refractivity contribution in [2.24, 2.45) is 0 Å². The van der Waals surface area contributed by atoms with Crippen LogP contribution in [0, 0.1) is 13.8 Å². The molecule has 0 aliphatic rings. The first-order valence-corrected chi connectivity index (χ1v) is 9.26. The number of hydrogen-bond acceptors (Lipinski definition) is 4. The van der Waals surface area contributed by atoms with Gasteiger partial charge in [0, 0.05) is 18.4 Å². The van der Waals surface area contributed by atoms with Gasteiger partial charge in [-0.3, -0.25) is 4.79 Å². The number of pyridine rings is 1. The van der Waals surface area contributed by atoms with Gasteiger partial charge in [-0.1, -0.05) is 18.2 Å². The molecule has 3 rings (SSSR count). The second-order valence-electron chi connectivity index (χ2n) is 6.71. The van der Waals surface area contributed by atoms with Gasteiger partial charge in [-0.2, -0.15) is 0 Å². The van der Waals surface area contributed by atoms with Crippen LogP contribution >= 0.6 is 0 Å². The third kappa shape index (κ3) is 5.10. The van der Waals surface area contributed by atoms with Gasteiger partial charge in [-0.25, -0.2) is 4.98 Å². The topological polar surface area (TPSA) is 63.2 Å². The number of anilines is 2. The lowest BCUT2D eigenvalue weighted by Crippen LogP contribution is -2.25. The van der Waals surface area contributed by atoms with Crippen LogP contribution < -0.4 is 15.4 Å². The summed E-state index contributed by atoms with van der Waals surface area (Å²) in [5, 5.41) is 6.19. The van der Waals surface area contributed by atoms with Crippen molar-refractivity contribution < 1.29 is 9.53 Å². The van der Waals surface area contributed by atoms with Gasteiger partial charge in [0.25, 0.3) is 5.91 Å². The van der Waals surface area contributed by atoms with Crippen LogP contribution in [0.25, 0.3) is 0 Å². The molecule has 0 unspecified atom stereocenters. The van der Waals surface area contributed by atoms with Gasteiger partial charge in [0.15, 0.2) is 0 Å². The van der Waals surface area contributed by atoms with E-state index in [0.717, 1.165) is 23.4 Å². The zero-order valence-corrected chi connectivity index (χ0v) is 16.5. The quantitative estimate of drug-likeness (QED) is 0.641.